The predicted octanol–water partition coefficient (Wildman–Crippen LogP) is 4.91. The first-order chi connectivity index (χ1) is 13.0. The van der Waals surface area contributed by atoms with Crippen LogP contribution in [-0.2, 0) is 13.0 Å². The fraction of sp³-hybridized carbons (Fsp3) is 0.200. The second-order valence-electron chi connectivity index (χ2n) is 5.98. The van der Waals surface area contributed by atoms with Gasteiger partial charge in [-0.2, -0.15) is 4.98 Å². The quantitative estimate of drug-likeness (QED) is 0.634. The molecule has 27 heavy (non-hydrogen) atoms. The molecule has 7 heteroatoms. The van der Waals surface area contributed by atoms with Crippen LogP contribution in [0.5, 0.6) is 5.75 Å². The van der Waals surface area contributed by atoms with Crippen LogP contribution in [0, 0.1) is 0 Å². The largest absolute Gasteiger partial charge is 0.490 e. The van der Waals surface area contributed by atoms with E-state index < -0.39 is 5.56 Å². The lowest BCUT2D eigenvalue weighted by Crippen LogP contribution is -2.19. The fourth-order valence-corrected chi connectivity index (χ4v) is 3.14. The summed E-state index contributed by atoms with van der Waals surface area (Å²) >= 11 is 12.2. The van der Waals surface area contributed by atoms with Crippen molar-refractivity contribution in [2.75, 3.05) is 12.4 Å². The minimum atomic E-state index is -0.442. The van der Waals surface area contributed by atoms with E-state index >= 15 is 0 Å². The van der Waals surface area contributed by atoms with Crippen LogP contribution in [0.4, 0.5) is 11.6 Å². The molecular weight excluding hydrogens is 385 g/mol. The summed E-state index contributed by atoms with van der Waals surface area (Å²) in [5.41, 5.74) is 2.41. The third kappa shape index (κ3) is 4.62. The average molecular weight is 404 g/mol. The number of nitrogens with zero attached hydrogens (tertiary/aromatic N) is 2. The number of aryl methyl sites for hydroxylation is 1. The number of halogens is 2. The van der Waals surface area contributed by atoms with Gasteiger partial charge < -0.3 is 14.6 Å². The summed E-state index contributed by atoms with van der Waals surface area (Å²) < 4.78 is 6.96. The van der Waals surface area contributed by atoms with Crippen molar-refractivity contribution >= 4 is 34.8 Å². The molecule has 3 rings (SSSR count). The smallest absolute Gasteiger partial charge is 0.316 e. The Morgan fingerprint density at radius 2 is 1.93 bits per heavy atom. The van der Waals surface area contributed by atoms with Gasteiger partial charge >= 0.3 is 5.56 Å². The van der Waals surface area contributed by atoms with Crippen molar-refractivity contribution in [3.05, 3.63) is 80.2 Å². The summed E-state index contributed by atoms with van der Waals surface area (Å²) in [6.07, 6.45) is 2.45. The van der Waals surface area contributed by atoms with Gasteiger partial charge in [-0.05, 0) is 41.8 Å². The number of methoxy groups -OCH3 is 1. The van der Waals surface area contributed by atoms with E-state index in [2.05, 4.69) is 17.2 Å². The van der Waals surface area contributed by atoms with E-state index in [1.165, 1.54) is 7.11 Å². The number of hydrogen-bond acceptors (Lipinski definition) is 4. The van der Waals surface area contributed by atoms with Gasteiger partial charge in [0, 0.05) is 15.7 Å². The first-order valence-corrected chi connectivity index (χ1v) is 9.21. The molecule has 2 aromatic carbocycles. The van der Waals surface area contributed by atoms with Crippen LogP contribution in [0.15, 0.2) is 53.5 Å². The summed E-state index contributed by atoms with van der Waals surface area (Å²) in [6, 6.07) is 13.1. The van der Waals surface area contributed by atoms with E-state index in [0.29, 0.717) is 22.5 Å². The zero-order chi connectivity index (χ0) is 19.4. The van der Waals surface area contributed by atoms with Gasteiger partial charge in [-0.1, -0.05) is 48.3 Å². The number of rotatable bonds is 6. The number of benzene rings is 2. The topological polar surface area (TPSA) is 56.1 Å². The molecule has 0 unspecified atom stereocenters. The van der Waals surface area contributed by atoms with Gasteiger partial charge in [0.2, 0.25) is 11.7 Å². The molecule has 1 N–H and O–H groups in total. The zero-order valence-electron chi connectivity index (χ0n) is 15.0. The molecule has 0 radical (unpaired) electrons. The Labute approximate surface area is 167 Å². The highest BCUT2D eigenvalue weighted by Gasteiger charge is 2.12. The maximum Gasteiger partial charge on any atom is 0.316 e. The van der Waals surface area contributed by atoms with Gasteiger partial charge in [-0.3, -0.25) is 4.79 Å². The van der Waals surface area contributed by atoms with E-state index in [0.717, 1.165) is 23.2 Å². The fourth-order valence-electron chi connectivity index (χ4n) is 2.76. The number of aromatic nitrogens is 2. The van der Waals surface area contributed by atoms with Crippen molar-refractivity contribution in [2.45, 2.75) is 19.9 Å². The molecule has 1 aromatic heterocycles. The molecule has 140 valence electrons. The Bertz CT molecular complexity index is 1020. The number of nitrogens with one attached hydrogen (secondary N) is 1. The Hall–Kier alpha value is -2.50. The third-order valence-electron chi connectivity index (χ3n) is 4.12. The highest BCUT2D eigenvalue weighted by atomic mass is 35.5. The van der Waals surface area contributed by atoms with Crippen LogP contribution in [0.1, 0.15) is 18.1 Å². The molecule has 0 saturated heterocycles. The molecule has 0 saturated carbocycles. The lowest BCUT2D eigenvalue weighted by Gasteiger charge is -2.17. The van der Waals surface area contributed by atoms with Crippen molar-refractivity contribution in [2.24, 2.45) is 0 Å². The average Bonchev–Trinajstić information content (AvgIpc) is 2.64. The molecule has 1 heterocycles. The summed E-state index contributed by atoms with van der Waals surface area (Å²) in [7, 11) is 1.45. The molecule has 5 nitrogen and oxygen atoms in total. The van der Waals surface area contributed by atoms with Crippen LogP contribution in [-0.4, -0.2) is 16.7 Å². The van der Waals surface area contributed by atoms with E-state index in [-0.39, 0.29) is 5.75 Å². The van der Waals surface area contributed by atoms with Crippen molar-refractivity contribution in [3.8, 4) is 5.75 Å². The second-order valence-corrected chi connectivity index (χ2v) is 6.85. The monoisotopic (exact) mass is 403 g/mol. The third-order valence-corrected chi connectivity index (χ3v) is 4.59. The lowest BCUT2D eigenvalue weighted by molar-refractivity contribution is 0.402. The molecule has 0 aliphatic rings. The van der Waals surface area contributed by atoms with E-state index in [1.54, 1.807) is 6.20 Å². The van der Waals surface area contributed by atoms with Gasteiger partial charge in [0.15, 0.2) is 0 Å². The van der Waals surface area contributed by atoms with Crippen molar-refractivity contribution in [1.29, 1.82) is 0 Å². The van der Waals surface area contributed by atoms with Gasteiger partial charge in [-0.25, -0.2) is 0 Å². The number of ether oxygens (including phenoxy) is 1. The Morgan fingerprint density at radius 1 is 1.15 bits per heavy atom. The molecule has 3 aromatic rings. The highest BCUT2D eigenvalue weighted by molar-refractivity contribution is 6.31. The molecule has 0 bridgehead atoms. The summed E-state index contributed by atoms with van der Waals surface area (Å²) in [4.78, 5) is 16.4. The van der Waals surface area contributed by atoms with Crippen molar-refractivity contribution in [1.82, 2.24) is 9.55 Å². The van der Waals surface area contributed by atoms with Crippen LogP contribution >= 0.6 is 23.2 Å². The minimum absolute atomic E-state index is 0.171. The van der Waals surface area contributed by atoms with Gasteiger partial charge in [0.1, 0.15) is 0 Å². The lowest BCUT2D eigenvalue weighted by atomic mass is 10.1. The number of hydrogen-bond donors (Lipinski definition) is 1. The molecule has 0 atom stereocenters. The predicted molar refractivity (Wildman–Crippen MR) is 110 cm³/mol. The van der Waals surface area contributed by atoms with Gasteiger partial charge in [-0.15, -0.1) is 0 Å². The minimum Gasteiger partial charge on any atom is -0.490 e. The maximum absolute atomic E-state index is 12.2. The van der Waals surface area contributed by atoms with Crippen LogP contribution in [0.3, 0.4) is 0 Å². The molecule has 0 aliphatic carbocycles. The summed E-state index contributed by atoms with van der Waals surface area (Å²) in [6.45, 7) is 2.52. The van der Waals surface area contributed by atoms with Crippen LogP contribution in [0.25, 0.3) is 0 Å². The molecule has 0 spiro atoms. The maximum atomic E-state index is 12.2. The van der Waals surface area contributed by atoms with E-state index in [4.69, 9.17) is 27.9 Å². The van der Waals surface area contributed by atoms with Crippen molar-refractivity contribution < 1.29 is 4.74 Å². The normalized spacial score (nSPS) is 10.7. The first kappa shape index (κ1) is 19.3. The second kappa shape index (κ2) is 8.46. The zero-order valence-corrected chi connectivity index (χ0v) is 16.5. The number of anilines is 2. The Morgan fingerprint density at radius 3 is 2.63 bits per heavy atom. The Kier molecular flexibility index (Phi) is 6.04. The highest BCUT2D eigenvalue weighted by Crippen LogP contribution is 2.25. The summed E-state index contributed by atoms with van der Waals surface area (Å²) in [5, 5.41) is 4.49. The Balaban J connectivity index is 2.05. The van der Waals surface area contributed by atoms with Crippen LogP contribution in [0.2, 0.25) is 10.0 Å². The van der Waals surface area contributed by atoms with Crippen LogP contribution < -0.4 is 15.6 Å². The van der Waals surface area contributed by atoms with Gasteiger partial charge in [0.05, 0.1) is 19.9 Å². The standard InChI is InChI=1S/C20H19Cl2N3O2/c1-3-14-7-8-16(22)10-17(14)23-20-24-19(26)18(27-2)12-25(20)11-13-5-4-6-15(21)9-13/h4-10,12H,3,11H2,1-2H3,(H,23,24,26). The molecular formula is C20H19Cl2N3O2. The van der Waals surface area contributed by atoms with Crippen molar-refractivity contribution in [3.63, 3.8) is 0 Å². The van der Waals surface area contributed by atoms with E-state index in [1.807, 2.05) is 47.0 Å². The summed E-state index contributed by atoms with van der Waals surface area (Å²) in [5.74, 6) is 0.571. The van der Waals surface area contributed by atoms with E-state index in [9.17, 15) is 4.79 Å². The molecule has 0 fully saturated rings. The van der Waals surface area contributed by atoms with Gasteiger partial charge in [0.25, 0.3) is 0 Å². The molecule has 0 aliphatic heterocycles. The SMILES string of the molecule is CCc1ccc(Cl)cc1Nc1nc(=O)c(OC)cn1Cc1cccc(Cl)c1. The molecule has 0 amide bonds. The first-order valence-electron chi connectivity index (χ1n) is 8.45.